The van der Waals surface area contributed by atoms with E-state index in [4.69, 9.17) is 10.6 Å². The van der Waals surface area contributed by atoms with Crippen molar-refractivity contribution >= 4 is 0 Å². The first kappa shape index (κ1) is 11.8. The predicted molar refractivity (Wildman–Crippen MR) is 64.4 cm³/mol. The summed E-state index contributed by atoms with van der Waals surface area (Å²) in [4.78, 5) is 0. The molecule has 1 unspecified atom stereocenters. The molecule has 1 atom stereocenters. The molecule has 0 saturated carbocycles. The summed E-state index contributed by atoms with van der Waals surface area (Å²) in [7, 11) is 0. The number of para-hydroxylation sites is 1. The first-order chi connectivity index (χ1) is 8.07. The smallest absolute Gasteiger partial charge is 0.271 e. The fourth-order valence-electron chi connectivity index (χ4n) is 1.91. The maximum absolute atomic E-state index is 9.23. The molecule has 0 fully saturated rings. The molecular weight excluding hydrogens is 218 g/mol. The van der Waals surface area contributed by atoms with Gasteiger partial charge in [-0.2, -0.15) is 0 Å². The van der Waals surface area contributed by atoms with Gasteiger partial charge >= 0.3 is 0 Å². The highest BCUT2D eigenvalue weighted by Crippen LogP contribution is 2.27. The third kappa shape index (κ3) is 2.07. The lowest BCUT2D eigenvalue weighted by Gasteiger charge is -2.34. The third-order valence-electron chi connectivity index (χ3n) is 2.81. The van der Waals surface area contributed by atoms with E-state index < -0.39 is 5.85 Å². The molecule has 0 aliphatic carbocycles. The van der Waals surface area contributed by atoms with Crippen molar-refractivity contribution in [2.45, 2.75) is 19.7 Å². The fourth-order valence-corrected chi connectivity index (χ4v) is 1.91. The van der Waals surface area contributed by atoms with Crippen LogP contribution in [0.25, 0.3) is 0 Å². The van der Waals surface area contributed by atoms with Crippen LogP contribution in [-0.2, 0) is 0 Å². The predicted octanol–water partition coefficient (Wildman–Crippen LogP) is 0.742. The Morgan fingerprint density at radius 1 is 1.41 bits per heavy atom. The Kier molecular flexibility index (Phi) is 2.95. The number of aliphatic hydroxyl groups is 1. The number of rotatable bonds is 3. The van der Waals surface area contributed by atoms with E-state index >= 15 is 0 Å². The molecule has 1 aromatic carbocycles. The van der Waals surface area contributed by atoms with E-state index in [1.807, 2.05) is 44.2 Å². The zero-order valence-electron chi connectivity index (χ0n) is 9.97. The lowest BCUT2D eigenvalue weighted by atomic mass is 10.3. The number of hydrazine groups is 1. The molecule has 0 aromatic heterocycles. The highest BCUT2D eigenvalue weighted by Gasteiger charge is 2.40. The standard InChI is InChI=1S/C12H17N3O2/c1-9-11(8-16)15(13)12(2,14-9)17-10-6-4-3-5-7-10/h3-7,14,16H,8,13H2,1-2H3. The van der Waals surface area contributed by atoms with Gasteiger partial charge in [-0.15, -0.1) is 0 Å². The van der Waals surface area contributed by atoms with Crippen LogP contribution >= 0.6 is 0 Å². The average Bonchev–Trinajstić information content (AvgIpc) is 2.51. The van der Waals surface area contributed by atoms with Gasteiger partial charge in [-0.1, -0.05) is 18.2 Å². The zero-order valence-corrected chi connectivity index (χ0v) is 9.97. The lowest BCUT2D eigenvalue weighted by molar-refractivity contribution is -0.0583. The van der Waals surface area contributed by atoms with Gasteiger partial charge in [-0.3, -0.25) is 5.01 Å². The third-order valence-corrected chi connectivity index (χ3v) is 2.81. The summed E-state index contributed by atoms with van der Waals surface area (Å²) in [5.74, 6) is 5.78. The maximum Gasteiger partial charge on any atom is 0.271 e. The SMILES string of the molecule is CC1=C(CO)N(N)C(C)(Oc2ccccc2)N1. The van der Waals surface area contributed by atoms with Crippen LogP contribution in [0.15, 0.2) is 41.7 Å². The molecule has 0 amide bonds. The van der Waals surface area contributed by atoms with Gasteiger partial charge in [0.05, 0.1) is 12.3 Å². The van der Waals surface area contributed by atoms with Crippen molar-refractivity contribution in [1.82, 2.24) is 10.3 Å². The molecule has 0 spiro atoms. The van der Waals surface area contributed by atoms with Crippen LogP contribution in [0, 0.1) is 0 Å². The van der Waals surface area contributed by atoms with Crippen LogP contribution in [0.2, 0.25) is 0 Å². The molecule has 0 radical (unpaired) electrons. The first-order valence-corrected chi connectivity index (χ1v) is 5.44. The Labute approximate surface area is 100 Å². The topological polar surface area (TPSA) is 70.8 Å². The molecule has 1 aromatic rings. The Balaban J connectivity index is 2.18. The number of hydrogen-bond acceptors (Lipinski definition) is 5. The molecule has 0 bridgehead atoms. The Bertz CT molecular complexity index is 433. The highest BCUT2D eigenvalue weighted by atomic mass is 16.5. The Hall–Kier alpha value is -1.72. The fraction of sp³-hybridized carbons (Fsp3) is 0.333. The largest absolute Gasteiger partial charge is 0.449 e. The van der Waals surface area contributed by atoms with Crippen molar-refractivity contribution in [1.29, 1.82) is 0 Å². The summed E-state index contributed by atoms with van der Waals surface area (Å²) >= 11 is 0. The van der Waals surface area contributed by atoms with Crippen LogP contribution in [0.5, 0.6) is 5.75 Å². The Morgan fingerprint density at radius 2 is 2.06 bits per heavy atom. The second-order valence-corrected chi connectivity index (χ2v) is 4.12. The van der Waals surface area contributed by atoms with Crippen LogP contribution in [0.1, 0.15) is 13.8 Å². The van der Waals surface area contributed by atoms with Crippen molar-refractivity contribution in [2.24, 2.45) is 5.84 Å². The summed E-state index contributed by atoms with van der Waals surface area (Å²) in [5, 5.41) is 13.8. The molecule has 1 heterocycles. The van der Waals surface area contributed by atoms with Crippen molar-refractivity contribution in [2.75, 3.05) is 6.61 Å². The van der Waals surface area contributed by atoms with E-state index in [-0.39, 0.29) is 6.61 Å². The van der Waals surface area contributed by atoms with Crippen molar-refractivity contribution in [3.63, 3.8) is 0 Å². The average molecular weight is 235 g/mol. The number of hydrogen-bond donors (Lipinski definition) is 3. The number of aliphatic hydroxyl groups excluding tert-OH is 1. The van der Waals surface area contributed by atoms with Crippen molar-refractivity contribution in [3.05, 3.63) is 41.7 Å². The summed E-state index contributed by atoms with van der Waals surface area (Å²) in [6, 6.07) is 9.41. The molecule has 4 N–H and O–H groups in total. The number of benzene rings is 1. The number of ether oxygens (including phenoxy) is 1. The number of nitrogens with two attached hydrogens (primary N) is 1. The first-order valence-electron chi connectivity index (χ1n) is 5.44. The number of nitrogens with one attached hydrogen (secondary N) is 1. The second-order valence-electron chi connectivity index (χ2n) is 4.12. The zero-order chi connectivity index (χ0) is 12.5. The van der Waals surface area contributed by atoms with Gasteiger partial charge in [0.15, 0.2) is 0 Å². The molecular formula is C12H17N3O2. The minimum absolute atomic E-state index is 0.122. The van der Waals surface area contributed by atoms with E-state index in [9.17, 15) is 5.11 Å². The quantitative estimate of drug-likeness (QED) is 0.674. The van der Waals surface area contributed by atoms with E-state index in [2.05, 4.69) is 5.32 Å². The molecule has 0 saturated heterocycles. The Morgan fingerprint density at radius 3 is 2.59 bits per heavy atom. The minimum atomic E-state index is -0.872. The van der Waals surface area contributed by atoms with Gasteiger partial charge < -0.3 is 15.2 Å². The van der Waals surface area contributed by atoms with Crippen molar-refractivity contribution in [3.8, 4) is 5.75 Å². The summed E-state index contributed by atoms with van der Waals surface area (Å²) in [5.41, 5.74) is 1.44. The molecule has 5 nitrogen and oxygen atoms in total. The molecule has 2 rings (SSSR count). The second kappa shape index (κ2) is 4.27. The number of allylic oxidation sites excluding steroid dienone is 1. The summed E-state index contributed by atoms with van der Waals surface area (Å²) in [6.07, 6.45) is 0. The van der Waals surface area contributed by atoms with Crippen molar-refractivity contribution < 1.29 is 9.84 Å². The molecule has 1 aliphatic rings. The van der Waals surface area contributed by atoms with E-state index in [0.717, 1.165) is 5.70 Å². The van der Waals surface area contributed by atoms with Gasteiger partial charge in [-0.05, 0) is 19.1 Å². The summed E-state index contributed by atoms with van der Waals surface area (Å²) in [6.45, 7) is 3.54. The van der Waals surface area contributed by atoms with Crippen LogP contribution < -0.4 is 15.9 Å². The normalized spacial score (nSPS) is 23.9. The summed E-state index contributed by atoms with van der Waals surface area (Å²) < 4.78 is 5.81. The maximum atomic E-state index is 9.23. The molecule has 5 heteroatoms. The highest BCUT2D eigenvalue weighted by molar-refractivity contribution is 5.25. The lowest BCUT2D eigenvalue weighted by Crippen LogP contribution is -2.58. The molecule has 1 aliphatic heterocycles. The van der Waals surface area contributed by atoms with Gasteiger partial charge in [0, 0.05) is 12.6 Å². The van der Waals surface area contributed by atoms with Gasteiger partial charge in [0.25, 0.3) is 5.85 Å². The van der Waals surface area contributed by atoms with E-state index in [1.54, 1.807) is 0 Å². The molecule has 92 valence electrons. The monoisotopic (exact) mass is 235 g/mol. The van der Waals surface area contributed by atoms with E-state index in [1.165, 1.54) is 5.01 Å². The minimum Gasteiger partial charge on any atom is -0.449 e. The van der Waals surface area contributed by atoms with E-state index in [0.29, 0.717) is 11.4 Å². The van der Waals surface area contributed by atoms with Gasteiger partial charge in [-0.25, -0.2) is 5.84 Å². The number of nitrogens with zero attached hydrogens (tertiary/aromatic N) is 1. The van der Waals surface area contributed by atoms with Gasteiger partial charge in [0.1, 0.15) is 5.75 Å². The van der Waals surface area contributed by atoms with Crippen LogP contribution in [-0.4, -0.2) is 22.6 Å². The van der Waals surface area contributed by atoms with Gasteiger partial charge in [0.2, 0.25) is 0 Å². The van der Waals surface area contributed by atoms with Crippen LogP contribution in [0.4, 0.5) is 0 Å². The molecule has 17 heavy (non-hydrogen) atoms. The van der Waals surface area contributed by atoms with Crippen LogP contribution in [0.3, 0.4) is 0 Å².